The molecule has 0 aromatic heterocycles. The largest absolute Gasteiger partial charge is 0.472 e. The Bertz CT molecular complexity index is 1950. The zero-order chi connectivity index (χ0) is 70.1. The van der Waals surface area contributed by atoms with Gasteiger partial charge in [0.2, 0.25) is 0 Å². The number of carbonyl (C=O) groups excluding carboxylic acids is 4. The van der Waals surface area contributed by atoms with Crippen molar-refractivity contribution in [1.82, 2.24) is 0 Å². The van der Waals surface area contributed by atoms with E-state index < -0.39 is 97.5 Å². The molecule has 0 saturated heterocycles. The fourth-order valence-corrected chi connectivity index (χ4v) is 12.6. The number of unbranched alkanes of at least 4 members (excludes halogenated alkanes) is 36. The molecule has 6 atom stereocenters. The molecule has 0 bridgehead atoms. The van der Waals surface area contributed by atoms with Gasteiger partial charge in [-0.05, 0) is 69.1 Å². The first-order valence-corrected chi connectivity index (χ1v) is 41.7. The predicted molar refractivity (Wildman–Crippen MR) is 386 cm³/mol. The van der Waals surface area contributed by atoms with E-state index in [4.69, 9.17) is 37.0 Å². The molecule has 0 aliphatic heterocycles. The molecule has 0 aromatic rings. The van der Waals surface area contributed by atoms with Crippen molar-refractivity contribution in [3.8, 4) is 0 Å². The number of phosphoric ester groups is 2. The molecule has 0 spiro atoms. The average molecular weight is 1390 g/mol. The third-order valence-electron chi connectivity index (χ3n) is 17.4. The standard InChI is InChI=1S/C76H144O17P2/c1-8-10-11-12-13-14-15-16-17-22-25-30-37-45-52-59-75(80)92-71(63-86-73(78)57-50-43-36-29-24-21-19-18-20-23-28-35-42-49-56-69(7)9-2)65-90-94(82,83)88-61-70(77)62-89-95(84,85)91-66-72(64-87-74(79)58-51-44-39-32-34-41-48-55-68(5)6)93-76(81)60-53-46-38-31-26-27-33-40-47-54-67(3)4/h14-17,67-72,77H,8-13,18-66H2,1-7H3,(H,82,83)(H,84,85)/b15-14-,17-16-/t69?,70?,71-,72-/m1/s1. The van der Waals surface area contributed by atoms with Gasteiger partial charge >= 0.3 is 39.5 Å². The number of allylic oxidation sites excluding steroid dienone is 4. The van der Waals surface area contributed by atoms with Crippen LogP contribution in [0.2, 0.25) is 0 Å². The minimum atomic E-state index is -4.97. The summed E-state index contributed by atoms with van der Waals surface area (Å²) in [4.78, 5) is 72.8. The van der Waals surface area contributed by atoms with Gasteiger partial charge in [0, 0.05) is 25.7 Å². The molecule has 560 valence electrons. The van der Waals surface area contributed by atoms with Crippen molar-refractivity contribution in [3.05, 3.63) is 24.3 Å². The molecule has 0 aliphatic rings. The van der Waals surface area contributed by atoms with Crippen LogP contribution in [0.25, 0.3) is 0 Å². The molecule has 0 aromatic carbocycles. The number of aliphatic hydroxyl groups excluding tert-OH is 1. The number of esters is 4. The number of aliphatic hydroxyl groups is 1. The van der Waals surface area contributed by atoms with E-state index in [0.717, 1.165) is 121 Å². The van der Waals surface area contributed by atoms with Crippen LogP contribution in [0, 0.1) is 17.8 Å². The zero-order valence-corrected chi connectivity index (χ0v) is 63.4. The molecular formula is C76H144O17P2. The Balaban J connectivity index is 5.27. The molecule has 17 nitrogen and oxygen atoms in total. The fraction of sp³-hybridized carbons (Fsp3) is 0.895. The fourth-order valence-electron chi connectivity index (χ4n) is 11.0. The Morgan fingerprint density at radius 3 is 0.937 bits per heavy atom. The van der Waals surface area contributed by atoms with Crippen LogP contribution in [-0.4, -0.2) is 96.7 Å². The second-order valence-electron chi connectivity index (χ2n) is 27.9. The lowest BCUT2D eigenvalue weighted by Crippen LogP contribution is -2.30. The second-order valence-corrected chi connectivity index (χ2v) is 30.8. The number of hydrogen-bond donors (Lipinski definition) is 3. The third-order valence-corrected chi connectivity index (χ3v) is 19.3. The lowest BCUT2D eigenvalue weighted by atomic mass is 9.99. The molecule has 0 saturated carbocycles. The number of rotatable bonds is 72. The van der Waals surface area contributed by atoms with Gasteiger partial charge in [-0.15, -0.1) is 0 Å². The first-order chi connectivity index (χ1) is 45.8. The number of hydrogen-bond acceptors (Lipinski definition) is 15. The molecule has 0 radical (unpaired) electrons. The Hall–Kier alpha value is -2.46. The zero-order valence-electron chi connectivity index (χ0n) is 61.6. The van der Waals surface area contributed by atoms with Crippen LogP contribution < -0.4 is 0 Å². The van der Waals surface area contributed by atoms with Gasteiger partial charge in [-0.3, -0.25) is 37.3 Å². The Kier molecular flexibility index (Phi) is 64.4. The highest BCUT2D eigenvalue weighted by Crippen LogP contribution is 2.45. The molecule has 0 heterocycles. The second kappa shape index (κ2) is 66.1. The summed E-state index contributed by atoms with van der Waals surface area (Å²) in [5, 5.41) is 10.6. The van der Waals surface area contributed by atoms with Gasteiger partial charge in [0.25, 0.3) is 0 Å². The molecule has 3 N–H and O–H groups in total. The van der Waals surface area contributed by atoms with Crippen molar-refractivity contribution in [3.63, 3.8) is 0 Å². The molecule has 0 fully saturated rings. The van der Waals surface area contributed by atoms with Crippen molar-refractivity contribution < 1.29 is 80.2 Å². The topological polar surface area (TPSA) is 237 Å². The van der Waals surface area contributed by atoms with Crippen LogP contribution in [0.4, 0.5) is 0 Å². The first-order valence-electron chi connectivity index (χ1n) is 38.7. The van der Waals surface area contributed by atoms with E-state index in [1.165, 1.54) is 154 Å². The number of carbonyl (C=O) groups is 4. The van der Waals surface area contributed by atoms with Crippen molar-refractivity contribution >= 4 is 39.5 Å². The van der Waals surface area contributed by atoms with Gasteiger partial charge in [-0.2, -0.15) is 0 Å². The minimum absolute atomic E-state index is 0.0848. The van der Waals surface area contributed by atoms with Crippen molar-refractivity contribution in [1.29, 1.82) is 0 Å². The number of phosphoric acid groups is 2. The Morgan fingerprint density at radius 2 is 0.621 bits per heavy atom. The summed E-state index contributed by atoms with van der Waals surface area (Å²) in [5.41, 5.74) is 0. The molecule has 0 rings (SSSR count). The normalized spacial score (nSPS) is 14.5. The van der Waals surface area contributed by atoms with E-state index in [2.05, 4.69) is 72.8 Å². The molecular weight excluding hydrogens is 1250 g/mol. The van der Waals surface area contributed by atoms with Crippen LogP contribution >= 0.6 is 15.6 Å². The lowest BCUT2D eigenvalue weighted by Gasteiger charge is -2.21. The lowest BCUT2D eigenvalue weighted by molar-refractivity contribution is -0.161. The van der Waals surface area contributed by atoms with Crippen LogP contribution in [0.5, 0.6) is 0 Å². The van der Waals surface area contributed by atoms with Crippen molar-refractivity contribution in [2.24, 2.45) is 17.8 Å². The summed E-state index contributed by atoms with van der Waals surface area (Å²) >= 11 is 0. The van der Waals surface area contributed by atoms with E-state index in [0.29, 0.717) is 31.6 Å². The summed E-state index contributed by atoms with van der Waals surface area (Å²) in [7, 11) is -9.92. The highest BCUT2D eigenvalue weighted by atomic mass is 31.2. The van der Waals surface area contributed by atoms with Gasteiger partial charge in [0.05, 0.1) is 26.4 Å². The third kappa shape index (κ3) is 68.5. The Morgan fingerprint density at radius 1 is 0.347 bits per heavy atom. The van der Waals surface area contributed by atoms with E-state index >= 15 is 0 Å². The molecule has 95 heavy (non-hydrogen) atoms. The van der Waals surface area contributed by atoms with E-state index in [-0.39, 0.29) is 25.7 Å². The summed E-state index contributed by atoms with van der Waals surface area (Å²) in [6.07, 6.45) is 55.0. The minimum Gasteiger partial charge on any atom is -0.462 e. The molecule has 4 unspecified atom stereocenters. The summed E-state index contributed by atoms with van der Waals surface area (Å²) < 4.78 is 68.4. The van der Waals surface area contributed by atoms with Crippen molar-refractivity contribution in [2.45, 2.75) is 381 Å². The van der Waals surface area contributed by atoms with Crippen LogP contribution in [0.3, 0.4) is 0 Å². The molecule has 19 heteroatoms. The van der Waals surface area contributed by atoms with E-state index in [1.54, 1.807) is 0 Å². The predicted octanol–water partition coefficient (Wildman–Crippen LogP) is 21.7. The maximum absolute atomic E-state index is 13.1. The maximum Gasteiger partial charge on any atom is 0.472 e. The summed E-state index contributed by atoms with van der Waals surface area (Å²) in [5.74, 6) is 0.136. The highest BCUT2D eigenvalue weighted by molar-refractivity contribution is 7.47. The van der Waals surface area contributed by atoms with Gasteiger partial charge in [-0.1, -0.05) is 310 Å². The monoisotopic (exact) mass is 1390 g/mol. The molecule has 0 amide bonds. The first kappa shape index (κ1) is 92.5. The smallest absolute Gasteiger partial charge is 0.462 e. The number of ether oxygens (including phenoxy) is 4. The SMILES string of the molecule is CCCCCC/C=C\C=C/CCCCCCCC(=O)O[C@H](COC(=O)CCCCCCCCCCCCCCCCC(C)CC)COP(=O)(O)OCC(O)COP(=O)(O)OC[C@@H](COC(=O)CCCCCCCCCC(C)C)OC(=O)CCCCCCCCCCCC(C)C. The van der Waals surface area contributed by atoms with Crippen molar-refractivity contribution in [2.75, 3.05) is 39.6 Å². The quantitative estimate of drug-likeness (QED) is 0.0169. The highest BCUT2D eigenvalue weighted by Gasteiger charge is 2.30. The van der Waals surface area contributed by atoms with Gasteiger partial charge in [0.15, 0.2) is 12.2 Å². The summed E-state index contributed by atoms with van der Waals surface area (Å²) in [6, 6.07) is 0. The van der Waals surface area contributed by atoms with E-state index in [1.807, 2.05) is 0 Å². The van der Waals surface area contributed by atoms with Gasteiger partial charge in [-0.25, -0.2) is 9.13 Å². The molecule has 0 aliphatic carbocycles. The Labute approximate surface area is 580 Å². The van der Waals surface area contributed by atoms with Crippen LogP contribution in [0.1, 0.15) is 363 Å². The van der Waals surface area contributed by atoms with Gasteiger partial charge in [0.1, 0.15) is 19.3 Å². The van der Waals surface area contributed by atoms with Gasteiger partial charge < -0.3 is 33.8 Å². The van der Waals surface area contributed by atoms with Crippen LogP contribution in [-0.2, 0) is 65.4 Å². The summed E-state index contributed by atoms with van der Waals surface area (Å²) in [6.45, 7) is 11.8. The van der Waals surface area contributed by atoms with Crippen LogP contribution in [0.15, 0.2) is 24.3 Å². The van der Waals surface area contributed by atoms with E-state index in [9.17, 15) is 43.2 Å². The maximum atomic E-state index is 13.1. The average Bonchev–Trinajstić information content (AvgIpc) is 1.47.